The molecule has 0 spiro atoms. The third-order valence-corrected chi connectivity index (χ3v) is 2.81. The molecular formula is C10H12ClN5O. The highest BCUT2D eigenvalue weighted by Crippen LogP contribution is 2.18. The molecule has 2 aromatic heterocycles. The van der Waals surface area contributed by atoms with Crippen LogP contribution in [0.2, 0.25) is 5.15 Å². The Hall–Kier alpha value is -1.69. The van der Waals surface area contributed by atoms with E-state index in [4.69, 9.17) is 11.6 Å². The van der Waals surface area contributed by atoms with Crippen molar-refractivity contribution in [2.45, 2.75) is 20.3 Å². The van der Waals surface area contributed by atoms with Gasteiger partial charge in [-0.25, -0.2) is 4.98 Å². The molecule has 1 amide bonds. The highest BCUT2D eigenvalue weighted by molar-refractivity contribution is 6.33. The molecule has 6 nitrogen and oxygen atoms in total. The summed E-state index contributed by atoms with van der Waals surface area (Å²) in [5.41, 5.74) is 0.998. The number of nitrogens with zero attached hydrogens (tertiary/aromatic N) is 3. The third kappa shape index (κ3) is 2.36. The Bertz CT molecular complexity index is 553. The molecule has 1 unspecified atom stereocenters. The topological polar surface area (TPSA) is 83.6 Å². The van der Waals surface area contributed by atoms with Crippen molar-refractivity contribution in [2.75, 3.05) is 5.32 Å². The average Bonchev–Trinajstić information content (AvgIpc) is 2.76. The number of aromatic nitrogens is 4. The largest absolute Gasteiger partial charge is 0.341 e. The molecule has 90 valence electrons. The zero-order valence-corrected chi connectivity index (χ0v) is 10.2. The molecule has 1 atom stereocenters. The summed E-state index contributed by atoms with van der Waals surface area (Å²) in [6.45, 7) is 3.78. The van der Waals surface area contributed by atoms with Gasteiger partial charge in [0.1, 0.15) is 5.52 Å². The normalized spacial score (nSPS) is 12.6. The average molecular weight is 254 g/mol. The fraction of sp³-hybridized carbons (Fsp3) is 0.400. The van der Waals surface area contributed by atoms with Gasteiger partial charge in [-0.15, -0.1) is 0 Å². The highest BCUT2D eigenvalue weighted by Gasteiger charge is 2.14. The standard InChI is InChI=1S/C10H12ClN5O/c1-3-5(2)9(17)16-10-14-7(11)6-8(15-10)13-4-12-6/h4-5H,3H2,1-2H3,(H2,12,13,14,15,16,17). The van der Waals surface area contributed by atoms with Crippen LogP contribution in [0.5, 0.6) is 0 Å². The molecule has 0 fully saturated rings. The number of imidazole rings is 1. The molecule has 0 saturated carbocycles. The van der Waals surface area contributed by atoms with Crippen LogP contribution in [0.3, 0.4) is 0 Å². The van der Waals surface area contributed by atoms with E-state index in [1.165, 1.54) is 6.33 Å². The van der Waals surface area contributed by atoms with E-state index in [-0.39, 0.29) is 22.9 Å². The van der Waals surface area contributed by atoms with Crippen molar-refractivity contribution in [2.24, 2.45) is 5.92 Å². The van der Waals surface area contributed by atoms with E-state index in [2.05, 4.69) is 25.3 Å². The zero-order valence-electron chi connectivity index (χ0n) is 9.49. The van der Waals surface area contributed by atoms with Gasteiger partial charge < -0.3 is 4.98 Å². The molecule has 7 heteroatoms. The Morgan fingerprint density at radius 2 is 2.35 bits per heavy atom. The highest BCUT2D eigenvalue weighted by atomic mass is 35.5. The van der Waals surface area contributed by atoms with Crippen molar-refractivity contribution < 1.29 is 4.79 Å². The molecule has 0 aliphatic carbocycles. The SMILES string of the molecule is CCC(C)C(=O)Nc1nc(Cl)c2[nH]cnc2n1. The van der Waals surface area contributed by atoms with Crippen LogP contribution in [0, 0.1) is 5.92 Å². The molecule has 2 heterocycles. The quantitative estimate of drug-likeness (QED) is 0.820. The molecule has 0 aliphatic rings. The first-order valence-corrected chi connectivity index (χ1v) is 5.67. The summed E-state index contributed by atoms with van der Waals surface area (Å²) in [6, 6.07) is 0. The van der Waals surface area contributed by atoms with Crippen LogP contribution < -0.4 is 5.32 Å². The zero-order chi connectivity index (χ0) is 12.4. The molecule has 0 saturated heterocycles. The van der Waals surface area contributed by atoms with Gasteiger partial charge in [-0.1, -0.05) is 25.4 Å². The van der Waals surface area contributed by atoms with Gasteiger partial charge in [0.25, 0.3) is 0 Å². The summed E-state index contributed by atoms with van der Waals surface area (Å²) in [4.78, 5) is 26.5. The van der Waals surface area contributed by atoms with Gasteiger partial charge in [0.15, 0.2) is 10.8 Å². The first-order valence-electron chi connectivity index (χ1n) is 5.29. The number of hydrogen-bond donors (Lipinski definition) is 2. The van der Waals surface area contributed by atoms with Crippen LogP contribution in [0.4, 0.5) is 5.95 Å². The molecule has 0 aliphatic heterocycles. The Morgan fingerprint density at radius 3 is 3.06 bits per heavy atom. The Morgan fingerprint density at radius 1 is 1.59 bits per heavy atom. The van der Waals surface area contributed by atoms with E-state index in [1.54, 1.807) is 0 Å². The maximum atomic E-state index is 11.7. The number of rotatable bonds is 3. The van der Waals surface area contributed by atoms with E-state index in [0.717, 1.165) is 6.42 Å². The molecule has 0 aromatic carbocycles. The van der Waals surface area contributed by atoms with Crippen molar-refractivity contribution in [1.29, 1.82) is 0 Å². The second-order valence-electron chi connectivity index (χ2n) is 3.74. The van der Waals surface area contributed by atoms with Gasteiger partial charge in [-0.2, -0.15) is 9.97 Å². The Labute approximate surface area is 103 Å². The van der Waals surface area contributed by atoms with Crippen molar-refractivity contribution in [3.8, 4) is 0 Å². The number of amides is 1. The lowest BCUT2D eigenvalue weighted by Gasteiger charge is -2.08. The minimum Gasteiger partial charge on any atom is -0.341 e. The second kappa shape index (κ2) is 4.67. The number of anilines is 1. The first-order chi connectivity index (χ1) is 8.11. The molecule has 0 radical (unpaired) electrons. The van der Waals surface area contributed by atoms with Crippen LogP contribution >= 0.6 is 11.6 Å². The number of carbonyl (C=O) groups is 1. The summed E-state index contributed by atoms with van der Waals surface area (Å²) in [5.74, 6) is -0.0365. The van der Waals surface area contributed by atoms with Crippen LogP contribution in [0.1, 0.15) is 20.3 Å². The minimum absolute atomic E-state index is 0.0905. The van der Waals surface area contributed by atoms with E-state index in [1.807, 2.05) is 13.8 Å². The second-order valence-corrected chi connectivity index (χ2v) is 4.10. The molecule has 2 N–H and O–H groups in total. The Balaban J connectivity index is 2.27. The predicted octanol–water partition coefficient (Wildman–Crippen LogP) is 1.99. The number of hydrogen-bond acceptors (Lipinski definition) is 4. The lowest BCUT2D eigenvalue weighted by molar-refractivity contribution is -0.119. The molecule has 2 aromatic rings. The summed E-state index contributed by atoms with van der Waals surface area (Å²) in [6.07, 6.45) is 2.23. The Kier molecular flexibility index (Phi) is 3.23. The van der Waals surface area contributed by atoms with Crippen LogP contribution in [0.25, 0.3) is 11.2 Å². The third-order valence-electron chi connectivity index (χ3n) is 2.54. The van der Waals surface area contributed by atoms with Gasteiger partial charge >= 0.3 is 0 Å². The first kappa shape index (κ1) is 11.8. The van der Waals surface area contributed by atoms with E-state index in [0.29, 0.717) is 11.2 Å². The van der Waals surface area contributed by atoms with Gasteiger partial charge in [0, 0.05) is 5.92 Å². The van der Waals surface area contributed by atoms with Gasteiger partial charge in [-0.05, 0) is 6.42 Å². The van der Waals surface area contributed by atoms with Crippen LogP contribution in [-0.2, 0) is 4.79 Å². The van der Waals surface area contributed by atoms with Gasteiger partial charge in [0.2, 0.25) is 11.9 Å². The number of carbonyl (C=O) groups excluding carboxylic acids is 1. The van der Waals surface area contributed by atoms with Crippen LogP contribution in [-0.4, -0.2) is 25.8 Å². The van der Waals surface area contributed by atoms with Crippen LogP contribution in [0.15, 0.2) is 6.33 Å². The fourth-order valence-corrected chi connectivity index (χ4v) is 1.49. The summed E-state index contributed by atoms with van der Waals surface area (Å²) in [7, 11) is 0. The van der Waals surface area contributed by atoms with E-state index in [9.17, 15) is 4.79 Å². The smallest absolute Gasteiger partial charge is 0.233 e. The molecule has 0 bridgehead atoms. The summed E-state index contributed by atoms with van der Waals surface area (Å²) < 4.78 is 0. The maximum absolute atomic E-state index is 11.7. The van der Waals surface area contributed by atoms with Crippen molar-refractivity contribution >= 4 is 34.6 Å². The summed E-state index contributed by atoms with van der Waals surface area (Å²) >= 11 is 5.93. The van der Waals surface area contributed by atoms with Crippen molar-refractivity contribution in [1.82, 2.24) is 19.9 Å². The lowest BCUT2D eigenvalue weighted by Crippen LogP contribution is -2.21. The number of fused-ring (bicyclic) bond motifs is 1. The number of nitrogens with one attached hydrogen (secondary N) is 2. The monoisotopic (exact) mass is 253 g/mol. The number of H-pyrrole nitrogens is 1. The molecular weight excluding hydrogens is 242 g/mol. The minimum atomic E-state index is -0.126. The number of halogens is 1. The lowest BCUT2D eigenvalue weighted by atomic mass is 10.1. The summed E-state index contributed by atoms with van der Waals surface area (Å²) in [5, 5.41) is 2.86. The number of aromatic amines is 1. The predicted molar refractivity (Wildman–Crippen MR) is 64.8 cm³/mol. The van der Waals surface area contributed by atoms with Crippen molar-refractivity contribution in [3.63, 3.8) is 0 Å². The fourth-order valence-electron chi connectivity index (χ4n) is 1.27. The maximum Gasteiger partial charge on any atom is 0.233 e. The molecule has 17 heavy (non-hydrogen) atoms. The van der Waals surface area contributed by atoms with Gasteiger partial charge in [-0.3, -0.25) is 10.1 Å². The van der Waals surface area contributed by atoms with Crippen molar-refractivity contribution in [3.05, 3.63) is 11.5 Å². The molecule has 2 rings (SSSR count). The van der Waals surface area contributed by atoms with Gasteiger partial charge in [0.05, 0.1) is 6.33 Å². The van der Waals surface area contributed by atoms with E-state index < -0.39 is 0 Å². The van der Waals surface area contributed by atoms with E-state index >= 15 is 0 Å².